The van der Waals surface area contributed by atoms with Crippen molar-refractivity contribution >= 4 is 21.9 Å². The second-order valence-corrected chi connectivity index (χ2v) is 10.7. The van der Waals surface area contributed by atoms with Gasteiger partial charge in [0.1, 0.15) is 11.8 Å². The molecular weight excluding hydrogens is 444 g/mol. The van der Waals surface area contributed by atoms with Crippen LogP contribution in [0.4, 0.5) is 0 Å². The number of benzene rings is 1. The van der Waals surface area contributed by atoms with Crippen LogP contribution in [0.3, 0.4) is 0 Å². The van der Waals surface area contributed by atoms with Gasteiger partial charge in [0.2, 0.25) is 15.9 Å². The van der Waals surface area contributed by atoms with E-state index in [-0.39, 0.29) is 18.1 Å². The number of carboxylic acid groups (broad SMARTS) is 1. The molecule has 8 nitrogen and oxygen atoms in total. The number of hydrogen-bond acceptors (Lipinski definition) is 5. The molecule has 0 radical (unpaired) electrons. The number of likely N-dealkylation sites (tertiary alicyclic amines) is 1. The Bertz CT molecular complexity index is 848. The Labute approximate surface area is 197 Å². The molecule has 0 unspecified atom stereocenters. The van der Waals surface area contributed by atoms with Crippen LogP contribution in [-0.4, -0.2) is 61.8 Å². The van der Waals surface area contributed by atoms with Gasteiger partial charge in [-0.25, -0.2) is 13.1 Å². The van der Waals surface area contributed by atoms with E-state index in [0.29, 0.717) is 24.7 Å². The largest absolute Gasteiger partial charge is 0.494 e. The van der Waals surface area contributed by atoms with E-state index < -0.39 is 22.0 Å². The van der Waals surface area contributed by atoms with E-state index in [0.717, 1.165) is 57.2 Å². The number of nitrogens with zero attached hydrogens (tertiary/aromatic N) is 1. The first-order valence-electron chi connectivity index (χ1n) is 11.9. The van der Waals surface area contributed by atoms with Crippen molar-refractivity contribution in [3.05, 3.63) is 29.8 Å². The number of rotatable bonds is 14. The lowest BCUT2D eigenvalue weighted by molar-refractivity contribution is -0.139. The van der Waals surface area contributed by atoms with Crippen molar-refractivity contribution < 1.29 is 27.9 Å². The molecule has 0 saturated carbocycles. The monoisotopic (exact) mass is 482 g/mol. The van der Waals surface area contributed by atoms with E-state index in [1.165, 1.54) is 0 Å². The number of hydrogen-bond donors (Lipinski definition) is 2. The molecule has 2 rings (SSSR count). The van der Waals surface area contributed by atoms with Crippen molar-refractivity contribution in [3.8, 4) is 5.75 Å². The highest BCUT2D eigenvalue weighted by atomic mass is 32.2. The van der Waals surface area contributed by atoms with Gasteiger partial charge in [0.25, 0.3) is 0 Å². The fourth-order valence-corrected chi connectivity index (χ4v) is 5.41. The molecule has 1 aromatic carbocycles. The average molecular weight is 483 g/mol. The van der Waals surface area contributed by atoms with Crippen LogP contribution in [-0.2, 0) is 26.0 Å². The summed E-state index contributed by atoms with van der Waals surface area (Å²) < 4.78 is 32.2. The molecule has 1 saturated heterocycles. The molecule has 2 N–H and O–H groups in total. The normalized spacial score (nSPS) is 15.9. The summed E-state index contributed by atoms with van der Waals surface area (Å²) in [5.74, 6) is 0.296. The number of nitrogens with one attached hydrogen (secondary N) is 1. The van der Waals surface area contributed by atoms with Crippen LogP contribution in [0.25, 0.3) is 0 Å². The number of ether oxygens (including phenoxy) is 1. The Morgan fingerprint density at radius 1 is 1.15 bits per heavy atom. The topological polar surface area (TPSA) is 113 Å². The predicted octanol–water partition coefficient (Wildman–Crippen LogP) is 3.21. The standard InChI is InChI=1S/C24H38N2O6S/c1-3-4-17-33(30,31)25-23(24(28)29)18-21-8-10-22(11-9-21)32-16-6-5-7-20-12-14-26(15-13-20)19(2)27/h8-11,20,23,25H,3-7,12-18H2,1-2H3,(H,28,29)/t23-/m0/s1. The number of piperidine rings is 1. The molecule has 1 aliphatic rings. The molecule has 0 aliphatic carbocycles. The van der Waals surface area contributed by atoms with Crippen molar-refractivity contribution in [2.24, 2.45) is 5.92 Å². The molecule has 1 aliphatic heterocycles. The third-order valence-corrected chi connectivity index (χ3v) is 7.55. The van der Waals surface area contributed by atoms with Gasteiger partial charge in [0, 0.05) is 20.0 Å². The lowest BCUT2D eigenvalue weighted by Crippen LogP contribution is -2.43. The highest BCUT2D eigenvalue weighted by molar-refractivity contribution is 7.89. The summed E-state index contributed by atoms with van der Waals surface area (Å²) >= 11 is 0. The minimum Gasteiger partial charge on any atom is -0.494 e. The first kappa shape index (κ1) is 27.1. The maximum atomic E-state index is 12.1. The molecule has 186 valence electrons. The average Bonchev–Trinajstić information content (AvgIpc) is 2.78. The summed E-state index contributed by atoms with van der Waals surface area (Å²) in [6.07, 6.45) is 6.63. The lowest BCUT2D eigenvalue weighted by Gasteiger charge is -2.31. The summed E-state index contributed by atoms with van der Waals surface area (Å²) in [5.41, 5.74) is 0.727. The van der Waals surface area contributed by atoms with Gasteiger partial charge >= 0.3 is 5.97 Å². The number of sulfonamides is 1. The molecule has 0 aromatic heterocycles. The second kappa shape index (κ2) is 13.5. The third-order valence-electron chi connectivity index (χ3n) is 6.09. The van der Waals surface area contributed by atoms with Gasteiger partial charge in [0.15, 0.2) is 0 Å². The van der Waals surface area contributed by atoms with Gasteiger partial charge in [-0.2, -0.15) is 0 Å². The maximum absolute atomic E-state index is 12.1. The Kier molecular flexibility index (Phi) is 11.1. The highest BCUT2D eigenvalue weighted by Gasteiger charge is 2.24. The van der Waals surface area contributed by atoms with Gasteiger partial charge < -0.3 is 14.7 Å². The SMILES string of the molecule is CCCCS(=O)(=O)N[C@@H](Cc1ccc(OCCCCC2CCN(C(C)=O)CC2)cc1)C(=O)O. The zero-order chi connectivity index (χ0) is 24.3. The van der Waals surface area contributed by atoms with Crippen molar-refractivity contribution in [1.29, 1.82) is 0 Å². The summed E-state index contributed by atoms with van der Waals surface area (Å²) in [4.78, 5) is 24.8. The van der Waals surface area contributed by atoms with E-state index in [4.69, 9.17) is 4.74 Å². The van der Waals surface area contributed by atoms with Gasteiger partial charge in [-0.1, -0.05) is 31.9 Å². The van der Waals surface area contributed by atoms with E-state index >= 15 is 0 Å². The Hall–Kier alpha value is -2.13. The fourth-order valence-electron chi connectivity index (χ4n) is 4.01. The molecule has 1 atom stereocenters. The van der Waals surface area contributed by atoms with Crippen LogP contribution < -0.4 is 9.46 Å². The smallest absolute Gasteiger partial charge is 0.322 e. The molecular formula is C24H38N2O6S. The molecule has 1 heterocycles. The number of unbranched alkanes of at least 4 members (excludes halogenated alkanes) is 2. The lowest BCUT2D eigenvalue weighted by atomic mass is 9.91. The number of amides is 1. The van der Waals surface area contributed by atoms with Gasteiger partial charge in [0.05, 0.1) is 12.4 Å². The molecule has 0 spiro atoms. The molecule has 33 heavy (non-hydrogen) atoms. The van der Waals surface area contributed by atoms with Gasteiger partial charge in [-0.3, -0.25) is 9.59 Å². The highest BCUT2D eigenvalue weighted by Crippen LogP contribution is 2.23. The molecule has 1 aromatic rings. The summed E-state index contributed by atoms with van der Waals surface area (Å²) in [6, 6.07) is 5.93. The molecule has 1 amide bonds. The number of carbonyl (C=O) groups excluding carboxylic acids is 1. The first-order valence-corrected chi connectivity index (χ1v) is 13.6. The second-order valence-electron chi connectivity index (χ2n) is 8.82. The van der Waals surface area contributed by atoms with Crippen LogP contribution in [0, 0.1) is 5.92 Å². The van der Waals surface area contributed by atoms with Crippen molar-refractivity contribution in [2.45, 2.75) is 71.3 Å². The van der Waals surface area contributed by atoms with Crippen LogP contribution in [0.1, 0.15) is 64.4 Å². The molecule has 1 fully saturated rings. The van der Waals surface area contributed by atoms with Crippen molar-refractivity contribution in [3.63, 3.8) is 0 Å². The fraction of sp³-hybridized carbons (Fsp3) is 0.667. The minimum atomic E-state index is -3.62. The van der Waals surface area contributed by atoms with E-state index in [1.807, 2.05) is 11.8 Å². The van der Waals surface area contributed by atoms with E-state index in [9.17, 15) is 23.1 Å². The van der Waals surface area contributed by atoms with Crippen LogP contribution in [0.5, 0.6) is 5.75 Å². The van der Waals surface area contributed by atoms with Crippen molar-refractivity contribution in [2.75, 3.05) is 25.4 Å². The van der Waals surface area contributed by atoms with E-state index in [1.54, 1.807) is 31.2 Å². The summed E-state index contributed by atoms with van der Waals surface area (Å²) in [5, 5.41) is 9.41. The first-order chi connectivity index (χ1) is 15.7. The Balaban J connectivity index is 1.70. The third kappa shape index (κ3) is 10.1. The predicted molar refractivity (Wildman–Crippen MR) is 128 cm³/mol. The summed E-state index contributed by atoms with van der Waals surface area (Å²) in [6.45, 7) is 5.86. The maximum Gasteiger partial charge on any atom is 0.322 e. The van der Waals surface area contributed by atoms with Crippen LogP contribution in [0.2, 0.25) is 0 Å². The van der Waals surface area contributed by atoms with Crippen LogP contribution >= 0.6 is 0 Å². The number of aliphatic carboxylic acids is 1. The van der Waals surface area contributed by atoms with E-state index in [2.05, 4.69) is 4.72 Å². The van der Waals surface area contributed by atoms with Gasteiger partial charge in [-0.05, 0) is 62.1 Å². The zero-order valence-electron chi connectivity index (χ0n) is 19.8. The minimum absolute atomic E-state index is 0.0718. The molecule has 9 heteroatoms. The number of carboxylic acids is 1. The quantitative estimate of drug-likeness (QED) is 0.394. The number of carbonyl (C=O) groups is 2. The Morgan fingerprint density at radius 2 is 1.82 bits per heavy atom. The molecule has 0 bridgehead atoms. The van der Waals surface area contributed by atoms with Crippen LogP contribution in [0.15, 0.2) is 24.3 Å². The van der Waals surface area contributed by atoms with Crippen molar-refractivity contribution in [1.82, 2.24) is 9.62 Å². The zero-order valence-corrected chi connectivity index (χ0v) is 20.6. The van der Waals surface area contributed by atoms with Gasteiger partial charge in [-0.15, -0.1) is 0 Å². The Morgan fingerprint density at radius 3 is 2.39 bits per heavy atom. The summed E-state index contributed by atoms with van der Waals surface area (Å²) in [7, 11) is -3.62.